The molecule has 3 aromatic rings. The van der Waals surface area contributed by atoms with Crippen molar-refractivity contribution < 1.29 is 17.6 Å². The first-order valence-corrected chi connectivity index (χ1v) is 13.7. The zero-order valence-electron chi connectivity index (χ0n) is 19.6. The number of fused-ring (bicyclic) bond motifs is 1. The molecule has 0 unspecified atom stereocenters. The van der Waals surface area contributed by atoms with E-state index in [1.807, 2.05) is 31.2 Å². The van der Waals surface area contributed by atoms with Crippen molar-refractivity contribution in [3.8, 4) is 0 Å². The van der Waals surface area contributed by atoms with Crippen molar-refractivity contribution in [2.24, 2.45) is 5.92 Å². The molecule has 0 saturated heterocycles. The third-order valence-corrected chi connectivity index (χ3v) is 9.00. The lowest BCUT2D eigenvalue weighted by Crippen LogP contribution is -2.48. The second-order valence-electron chi connectivity index (χ2n) is 9.75. The first-order valence-electron chi connectivity index (χ1n) is 12.3. The summed E-state index contributed by atoms with van der Waals surface area (Å²) in [7, 11) is -3.94. The normalized spacial score (nSPS) is 20.9. The molecular formula is C27H32N2O4S. The number of urea groups is 1. The van der Waals surface area contributed by atoms with Gasteiger partial charge in [-0.2, -0.15) is 0 Å². The van der Waals surface area contributed by atoms with Crippen LogP contribution >= 0.6 is 0 Å². The van der Waals surface area contributed by atoms with Gasteiger partial charge in [-0.05, 0) is 62.8 Å². The highest BCUT2D eigenvalue weighted by atomic mass is 32.2. The van der Waals surface area contributed by atoms with E-state index in [1.54, 1.807) is 24.3 Å². The number of hydrogen-bond donors (Lipinski definition) is 1. The highest BCUT2D eigenvalue weighted by Gasteiger charge is 2.42. The molecule has 2 saturated carbocycles. The monoisotopic (exact) mass is 480 g/mol. The van der Waals surface area contributed by atoms with E-state index in [-0.39, 0.29) is 23.4 Å². The fourth-order valence-electron chi connectivity index (χ4n) is 5.05. The summed E-state index contributed by atoms with van der Waals surface area (Å²) in [4.78, 5) is 13.4. The van der Waals surface area contributed by atoms with Crippen molar-refractivity contribution >= 4 is 27.0 Å². The van der Waals surface area contributed by atoms with Gasteiger partial charge in [-0.1, -0.05) is 55.2 Å². The largest absolute Gasteiger partial charge is 0.461 e. The Balaban J connectivity index is 1.30. The fraction of sp³-hybridized carbons (Fsp3) is 0.444. The molecule has 180 valence electrons. The summed E-state index contributed by atoms with van der Waals surface area (Å²) >= 11 is 0. The number of benzene rings is 2. The molecule has 1 aromatic heterocycles. The van der Waals surface area contributed by atoms with Crippen LogP contribution in [-0.4, -0.2) is 31.3 Å². The second kappa shape index (κ2) is 9.45. The third-order valence-electron chi connectivity index (χ3n) is 7.20. The van der Waals surface area contributed by atoms with Crippen molar-refractivity contribution in [1.82, 2.24) is 9.62 Å². The van der Waals surface area contributed by atoms with Crippen LogP contribution in [0.2, 0.25) is 0 Å². The molecule has 2 fully saturated rings. The maximum atomic E-state index is 13.5. The van der Waals surface area contributed by atoms with E-state index in [9.17, 15) is 13.2 Å². The van der Waals surface area contributed by atoms with Crippen LogP contribution < -0.4 is 5.32 Å². The Labute approximate surface area is 201 Å². The van der Waals surface area contributed by atoms with Crippen LogP contribution in [-0.2, 0) is 10.0 Å². The lowest BCUT2D eigenvalue weighted by atomic mass is 9.96. The van der Waals surface area contributed by atoms with Gasteiger partial charge in [0.25, 0.3) is 10.0 Å². The van der Waals surface area contributed by atoms with Gasteiger partial charge < -0.3 is 9.73 Å². The summed E-state index contributed by atoms with van der Waals surface area (Å²) in [6.07, 6.45) is 6.67. The molecule has 1 N–H and O–H groups in total. The molecule has 34 heavy (non-hydrogen) atoms. The van der Waals surface area contributed by atoms with Gasteiger partial charge >= 0.3 is 6.03 Å². The summed E-state index contributed by atoms with van der Waals surface area (Å²) in [6.45, 7) is 2.07. The van der Waals surface area contributed by atoms with Gasteiger partial charge in [-0.3, -0.25) is 0 Å². The molecule has 5 rings (SSSR count). The smallest absolute Gasteiger partial charge is 0.331 e. The maximum absolute atomic E-state index is 13.5. The Morgan fingerprint density at radius 3 is 2.53 bits per heavy atom. The minimum Gasteiger partial charge on any atom is -0.461 e. The van der Waals surface area contributed by atoms with Gasteiger partial charge in [0.2, 0.25) is 0 Å². The van der Waals surface area contributed by atoms with E-state index >= 15 is 0 Å². The summed E-state index contributed by atoms with van der Waals surface area (Å²) in [5.74, 6) is 1.53. The molecule has 0 radical (unpaired) electrons. The zero-order chi connectivity index (χ0) is 23.7. The van der Waals surface area contributed by atoms with Gasteiger partial charge in [-0.15, -0.1) is 0 Å². The fourth-order valence-corrected chi connectivity index (χ4v) is 6.40. The van der Waals surface area contributed by atoms with E-state index < -0.39 is 16.1 Å². The number of furan rings is 1. The molecule has 2 aliphatic rings. The number of carbonyl (C=O) groups excluding carboxylic acids is 1. The quantitative estimate of drug-likeness (QED) is 0.452. The second-order valence-corrected chi connectivity index (χ2v) is 11.6. The molecule has 2 aromatic carbocycles. The average Bonchev–Trinajstić information content (AvgIpc) is 3.47. The number of rotatable bonds is 7. The Hall–Kier alpha value is -2.80. The van der Waals surface area contributed by atoms with Crippen molar-refractivity contribution in [2.45, 2.75) is 68.7 Å². The lowest BCUT2D eigenvalue weighted by molar-refractivity contribution is 0.213. The molecule has 2 amide bonds. The Morgan fingerprint density at radius 2 is 1.79 bits per heavy atom. The molecule has 0 bridgehead atoms. The highest BCUT2D eigenvalue weighted by Crippen LogP contribution is 2.50. The predicted octanol–water partition coefficient (Wildman–Crippen LogP) is 5.97. The number of para-hydroxylation sites is 1. The summed E-state index contributed by atoms with van der Waals surface area (Å²) in [6, 6.07) is 16.3. The van der Waals surface area contributed by atoms with Gasteiger partial charge in [-0.25, -0.2) is 17.5 Å². The molecule has 7 heteroatoms. The standard InChI is InChI=1S/C27H32N2O4S/c1-19-11-13-23(14-12-19)34(31,32)29(27(30)28-22-8-3-2-4-9-22)16-15-20-17-24(20)26-18-21-7-5-6-10-25(21)33-26/h5-7,10-14,18,20,22,24H,2-4,8-9,15-17H2,1H3,(H,28,30)/t20-,24-/m1/s1. The van der Waals surface area contributed by atoms with E-state index in [0.717, 1.165) is 58.7 Å². The van der Waals surface area contributed by atoms with Gasteiger partial charge in [0.05, 0.1) is 4.90 Å². The SMILES string of the molecule is Cc1ccc(S(=O)(=O)N(CC[C@@H]2C[C@H]2c2cc3ccccc3o2)C(=O)NC2CCCCC2)cc1. The lowest BCUT2D eigenvalue weighted by Gasteiger charge is -2.28. The minimum atomic E-state index is -3.94. The Morgan fingerprint density at radius 1 is 1.06 bits per heavy atom. The molecule has 0 aliphatic heterocycles. The number of amides is 2. The Bertz CT molecular complexity index is 1230. The first kappa shape index (κ1) is 23.0. The highest BCUT2D eigenvalue weighted by molar-refractivity contribution is 7.89. The molecule has 0 spiro atoms. The molecule has 2 aliphatic carbocycles. The summed E-state index contributed by atoms with van der Waals surface area (Å²) < 4.78 is 34.0. The molecular weight excluding hydrogens is 448 g/mol. The summed E-state index contributed by atoms with van der Waals surface area (Å²) in [5.41, 5.74) is 1.85. The van der Waals surface area contributed by atoms with Crippen molar-refractivity contribution in [3.63, 3.8) is 0 Å². The van der Waals surface area contributed by atoms with E-state index in [1.165, 1.54) is 6.42 Å². The maximum Gasteiger partial charge on any atom is 0.331 e. The van der Waals surface area contributed by atoms with E-state index in [2.05, 4.69) is 11.4 Å². The van der Waals surface area contributed by atoms with Crippen LogP contribution in [0.15, 0.2) is 63.9 Å². The van der Waals surface area contributed by atoms with Crippen LogP contribution in [0, 0.1) is 12.8 Å². The van der Waals surface area contributed by atoms with Crippen LogP contribution in [0.5, 0.6) is 0 Å². The number of nitrogens with one attached hydrogen (secondary N) is 1. The van der Waals surface area contributed by atoms with Gasteiger partial charge in [0.15, 0.2) is 0 Å². The van der Waals surface area contributed by atoms with Crippen LogP contribution in [0.3, 0.4) is 0 Å². The Kier molecular flexibility index (Phi) is 6.38. The summed E-state index contributed by atoms with van der Waals surface area (Å²) in [5, 5.41) is 4.08. The molecule has 2 atom stereocenters. The van der Waals surface area contributed by atoms with Gasteiger partial charge in [0, 0.05) is 23.9 Å². The van der Waals surface area contributed by atoms with Crippen molar-refractivity contribution in [3.05, 3.63) is 65.9 Å². The molecule has 1 heterocycles. The molecule has 6 nitrogen and oxygen atoms in total. The first-order chi connectivity index (χ1) is 16.4. The van der Waals surface area contributed by atoms with Crippen molar-refractivity contribution in [2.75, 3.05) is 6.54 Å². The minimum absolute atomic E-state index is 0.0428. The van der Waals surface area contributed by atoms with E-state index in [4.69, 9.17) is 4.42 Å². The van der Waals surface area contributed by atoms with E-state index in [0.29, 0.717) is 12.3 Å². The number of carbonyl (C=O) groups is 1. The number of sulfonamides is 1. The number of nitrogens with zero attached hydrogens (tertiary/aromatic N) is 1. The topological polar surface area (TPSA) is 79.6 Å². The number of aryl methyl sites for hydroxylation is 1. The van der Waals surface area contributed by atoms with Crippen LogP contribution in [0.4, 0.5) is 4.79 Å². The van der Waals surface area contributed by atoms with Crippen LogP contribution in [0.1, 0.15) is 62.2 Å². The predicted molar refractivity (Wildman–Crippen MR) is 132 cm³/mol. The van der Waals surface area contributed by atoms with Gasteiger partial charge in [0.1, 0.15) is 11.3 Å². The van der Waals surface area contributed by atoms with Crippen molar-refractivity contribution in [1.29, 1.82) is 0 Å². The van der Waals surface area contributed by atoms with Crippen LogP contribution in [0.25, 0.3) is 11.0 Å². The third kappa shape index (κ3) is 4.85. The zero-order valence-corrected chi connectivity index (χ0v) is 20.4. The number of hydrogen-bond acceptors (Lipinski definition) is 4. The average molecular weight is 481 g/mol.